The number of carbonyl (C=O) groups is 4. The maximum atomic E-state index is 11.2. The lowest BCUT2D eigenvalue weighted by molar-refractivity contribution is -0.120. The van der Waals surface area contributed by atoms with Gasteiger partial charge in [0.2, 0.25) is 0 Å². The number of nitrogens with two attached hydrogens (primary N) is 1. The number of nitrogens with one attached hydrogen (secondary N) is 3. The van der Waals surface area contributed by atoms with E-state index >= 15 is 0 Å². The molecule has 2 rings (SSSR count). The van der Waals surface area contributed by atoms with Gasteiger partial charge in [-0.15, -0.1) is 0 Å². The zero-order valence-electron chi connectivity index (χ0n) is 12.9. The summed E-state index contributed by atoms with van der Waals surface area (Å²) in [7, 11) is 0. The van der Waals surface area contributed by atoms with E-state index in [2.05, 4.69) is 5.32 Å². The summed E-state index contributed by atoms with van der Waals surface area (Å²) in [5.74, 6) is -0.817. The predicted molar refractivity (Wildman–Crippen MR) is 81.9 cm³/mol. The number of ether oxygens (including phenoxy) is 1. The number of hydrogen-bond acceptors (Lipinski definition) is 6. The SMILES string of the molecule is CCCOC(=O)c1ccc(O)cc1.NC(=O)NC1NC(=O)NC1=O. The van der Waals surface area contributed by atoms with Gasteiger partial charge in [0.25, 0.3) is 5.91 Å². The van der Waals surface area contributed by atoms with E-state index in [1.54, 1.807) is 0 Å². The van der Waals surface area contributed by atoms with Crippen LogP contribution in [0.4, 0.5) is 9.59 Å². The van der Waals surface area contributed by atoms with Gasteiger partial charge in [0, 0.05) is 0 Å². The van der Waals surface area contributed by atoms with Crippen molar-refractivity contribution in [2.75, 3.05) is 6.61 Å². The van der Waals surface area contributed by atoms with Crippen LogP contribution in [0.3, 0.4) is 0 Å². The number of carbonyl (C=O) groups excluding carboxylic acids is 4. The summed E-state index contributed by atoms with van der Waals surface area (Å²) in [6, 6.07) is 4.48. The molecule has 1 fully saturated rings. The van der Waals surface area contributed by atoms with E-state index in [9.17, 15) is 19.2 Å². The third-order valence-electron chi connectivity index (χ3n) is 2.60. The summed E-state index contributed by atoms with van der Waals surface area (Å²) in [4.78, 5) is 42.5. The average Bonchev–Trinajstić information content (AvgIpc) is 2.83. The maximum Gasteiger partial charge on any atom is 0.338 e. The first-order valence-corrected chi connectivity index (χ1v) is 6.97. The molecule has 0 aliphatic carbocycles. The summed E-state index contributed by atoms with van der Waals surface area (Å²) in [5, 5.41) is 15.0. The molecule has 1 aliphatic heterocycles. The zero-order chi connectivity index (χ0) is 18.1. The van der Waals surface area contributed by atoms with Crippen LogP contribution in [-0.2, 0) is 9.53 Å². The molecule has 5 amide bonds. The molecule has 1 saturated heterocycles. The number of primary amides is 1. The van der Waals surface area contributed by atoms with Crippen LogP contribution in [0, 0.1) is 0 Å². The van der Waals surface area contributed by atoms with Crippen LogP contribution in [0.2, 0.25) is 0 Å². The maximum absolute atomic E-state index is 11.2. The molecule has 0 spiro atoms. The Morgan fingerprint density at radius 1 is 1.29 bits per heavy atom. The third kappa shape index (κ3) is 6.22. The second-order valence-corrected chi connectivity index (χ2v) is 4.59. The molecule has 0 saturated carbocycles. The molecule has 0 aromatic heterocycles. The minimum absolute atomic E-state index is 0.145. The molecular formula is C14H18N4O6. The van der Waals surface area contributed by atoms with Crippen LogP contribution in [-0.4, -0.2) is 41.8 Å². The molecule has 0 bridgehead atoms. The van der Waals surface area contributed by atoms with Gasteiger partial charge in [-0.25, -0.2) is 14.4 Å². The van der Waals surface area contributed by atoms with E-state index in [0.29, 0.717) is 12.2 Å². The van der Waals surface area contributed by atoms with Crippen molar-refractivity contribution in [3.05, 3.63) is 29.8 Å². The summed E-state index contributed by atoms with van der Waals surface area (Å²) in [6.45, 7) is 2.36. The predicted octanol–water partition coefficient (Wildman–Crippen LogP) is -0.221. The van der Waals surface area contributed by atoms with E-state index in [-0.39, 0.29) is 11.7 Å². The van der Waals surface area contributed by atoms with Crippen molar-refractivity contribution in [1.29, 1.82) is 0 Å². The highest BCUT2D eigenvalue weighted by atomic mass is 16.5. The Bertz CT molecular complexity index is 616. The standard InChI is InChI=1S/C10H12O3.C4H6N4O3/c1-2-7-13-10(12)8-3-5-9(11)6-4-8;5-3(10)6-1-2(9)8-4(11)7-1/h3-6,11H,2,7H2,1H3;1H,(H3,5,6,10)(H2,7,8,9,11). The number of benzene rings is 1. The molecule has 1 unspecified atom stereocenters. The van der Waals surface area contributed by atoms with Crippen molar-refractivity contribution >= 4 is 23.9 Å². The Labute approximate surface area is 137 Å². The number of esters is 1. The largest absolute Gasteiger partial charge is 0.508 e. The van der Waals surface area contributed by atoms with E-state index in [1.807, 2.05) is 17.6 Å². The number of phenols is 1. The minimum atomic E-state index is -1.04. The number of urea groups is 2. The molecule has 10 heteroatoms. The third-order valence-corrected chi connectivity index (χ3v) is 2.60. The Morgan fingerprint density at radius 3 is 2.38 bits per heavy atom. The smallest absolute Gasteiger partial charge is 0.338 e. The highest BCUT2D eigenvalue weighted by molar-refractivity contribution is 6.05. The van der Waals surface area contributed by atoms with Crippen molar-refractivity contribution in [2.24, 2.45) is 5.73 Å². The van der Waals surface area contributed by atoms with Gasteiger partial charge in [-0.05, 0) is 30.7 Å². The lowest BCUT2D eigenvalue weighted by Gasteiger charge is -2.05. The van der Waals surface area contributed by atoms with E-state index in [4.69, 9.17) is 15.6 Å². The molecule has 1 aromatic carbocycles. The Balaban J connectivity index is 0.000000243. The number of hydrogen-bond donors (Lipinski definition) is 5. The van der Waals surface area contributed by atoms with Gasteiger partial charge >= 0.3 is 18.0 Å². The monoisotopic (exact) mass is 338 g/mol. The molecule has 1 aromatic rings. The number of aromatic hydroxyl groups is 1. The van der Waals surface area contributed by atoms with Crippen LogP contribution in [0.5, 0.6) is 5.75 Å². The van der Waals surface area contributed by atoms with E-state index in [1.165, 1.54) is 24.3 Å². The van der Waals surface area contributed by atoms with Crippen LogP contribution in [0.25, 0.3) is 0 Å². The number of amides is 5. The normalized spacial score (nSPS) is 15.5. The average molecular weight is 338 g/mol. The lowest BCUT2D eigenvalue weighted by Crippen LogP contribution is -2.48. The van der Waals surface area contributed by atoms with Gasteiger partial charge in [-0.2, -0.15) is 0 Å². The van der Waals surface area contributed by atoms with Crippen molar-refractivity contribution in [2.45, 2.75) is 19.5 Å². The van der Waals surface area contributed by atoms with Gasteiger partial charge in [-0.3, -0.25) is 10.1 Å². The van der Waals surface area contributed by atoms with Gasteiger partial charge in [0.15, 0.2) is 6.17 Å². The van der Waals surface area contributed by atoms with E-state index in [0.717, 1.165) is 6.42 Å². The lowest BCUT2D eigenvalue weighted by atomic mass is 10.2. The van der Waals surface area contributed by atoms with Crippen LogP contribution in [0.15, 0.2) is 24.3 Å². The molecule has 0 radical (unpaired) electrons. The topological polar surface area (TPSA) is 160 Å². The van der Waals surface area contributed by atoms with Gasteiger partial charge in [0.1, 0.15) is 5.75 Å². The Hall–Kier alpha value is -3.30. The van der Waals surface area contributed by atoms with Crippen molar-refractivity contribution in [3.8, 4) is 5.75 Å². The molecule has 6 N–H and O–H groups in total. The quantitative estimate of drug-likeness (QED) is 0.377. The highest BCUT2D eigenvalue weighted by Crippen LogP contribution is 2.10. The second-order valence-electron chi connectivity index (χ2n) is 4.59. The van der Waals surface area contributed by atoms with Crippen LogP contribution < -0.4 is 21.7 Å². The van der Waals surface area contributed by atoms with Crippen LogP contribution in [0.1, 0.15) is 23.7 Å². The molecular weight excluding hydrogens is 320 g/mol. The molecule has 1 aliphatic rings. The molecule has 130 valence electrons. The number of phenolic OH excluding ortho intramolecular Hbond substituents is 1. The van der Waals surface area contributed by atoms with Gasteiger partial charge in [0.05, 0.1) is 12.2 Å². The number of rotatable bonds is 4. The molecule has 24 heavy (non-hydrogen) atoms. The fraction of sp³-hybridized carbons (Fsp3) is 0.286. The van der Waals surface area contributed by atoms with Gasteiger partial charge < -0.3 is 26.2 Å². The summed E-state index contributed by atoms with van der Waals surface area (Å²) in [5.41, 5.74) is 5.16. The van der Waals surface area contributed by atoms with E-state index < -0.39 is 24.1 Å². The fourth-order valence-electron chi connectivity index (χ4n) is 1.54. The summed E-state index contributed by atoms with van der Waals surface area (Å²) in [6.07, 6.45) is -0.232. The fourth-order valence-corrected chi connectivity index (χ4v) is 1.54. The van der Waals surface area contributed by atoms with Crippen molar-refractivity contribution < 1.29 is 29.0 Å². The van der Waals surface area contributed by atoms with Crippen molar-refractivity contribution in [1.82, 2.24) is 16.0 Å². The summed E-state index contributed by atoms with van der Waals surface area (Å²) < 4.78 is 4.90. The number of imide groups is 1. The first kappa shape index (κ1) is 18.7. The first-order valence-electron chi connectivity index (χ1n) is 6.97. The molecule has 1 heterocycles. The Morgan fingerprint density at radius 2 is 1.92 bits per heavy atom. The highest BCUT2D eigenvalue weighted by Gasteiger charge is 2.29. The molecule has 10 nitrogen and oxygen atoms in total. The molecule has 1 atom stereocenters. The summed E-state index contributed by atoms with van der Waals surface area (Å²) >= 11 is 0. The Kier molecular flexibility index (Phi) is 7.01. The second kappa shape index (κ2) is 8.98. The van der Waals surface area contributed by atoms with Crippen LogP contribution >= 0.6 is 0 Å². The zero-order valence-corrected chi connectivity index (χ0v) is 12.9. The van der Waals surface area contributed by atoms with Gasteiger partial charge in [-0.1, -0.05) is 6.92 Å². The minimum Gasteiger partial charge on any atom is -0.508 e. The first-order chi connectivity index (χ1) is 11.3. The van der Waals surface area contributed by atoms with Crippen molar-refractivity contribution in [3.63, 3.8) is 0 Å².